The van der Waals surface area contributed by atoms with Gasteiger partial charge >= 0.3 is 12.0 Å². The number of carbonyl (C=O) groups excluding carboxylic acids is 2. The molecule has 2 heterocycles. The molecule has 2 amide bonds. The monoisotopic (exact) mass is 412 g/mol. The number of aromatic nitrogens is 1. The number of rotatable bonds is 5. The summed E-state index contributed by atoms with van der Waals surface area (Å²) in [7, 11) is 1.59. The fourth-order valence-corrected chi connectivity index (χ4v) is 3.37. The number of benzene rings is 1. The zero-order valence-electron chi connectivity index (χ0n) is 17.7. The molecule has 3 rings (SSSR count). The van der Waals surface area contributed by atoms with Crippen molar-refractivity contribution in [2.24, 2.45) is 0 Å². The van der Waals surface area contributed by atoms with Crippen molar-refractivity contribution in [1.29, 1.82) is 0 Å². The summed E-state index contributed by atoms with van der Waals surface area (Å²) in [5.74, 6) is 1.05. The van der Waals surface area contributed by atoms with E-state index in [4.69, 9.17) is 9.47 Å². The number of esters is 1. The van der Waals surface area contributed by atoms with E-state index in [1.807, 2.05) is 31.2 Å². The molecule has 0 saturated carbocycles. The molecule has 1 aliphatic rings. The van der Waals surface area contributed by atoms with Crippen LogP contribution < -0.4 is 15.0 Å². The van der Waals surface area contributed by atoms with Gasteiger partial charge in [-0.15, -0.1) is 0 Å². The van der Waals surface area contributed by atoms with Crippen molar-refractivity contribution in [3.63, 3.8) is 0 Å². The molecule has 1 N–H and O–H groups in total. The summed E-state index contributed by atoms with van der Waals surface area (Å²) < 4.78 is 10.3. The zero-order valence-corrected chi connectivity index (χ0v) is 17.7. The van der Waals surface area contributed by atoms with E-state index in [0.717, 1.165) is 24.3 Å². The van der Waals surface area contributed by atoms with E-state index in [9.17, 15) is 9.59 Å². The molecule has 0 radical (unpaired) electrons. The maximum atomic E-state index is 12.8. The van der Waals surface area contributed by atoms with Crippen molar-refractivity contribution in [3.8, 4) is 5.75 Å². The fraction of sp³-hybridized carbons (Fsp3) is 0.409. The molecule has 1 saturated heterocycles. The number of hydrogen-bond donors (Lipinski definition) is 1. The molecule has 8 heteroatoms. The first-order chi connectivity index (χ1) is 14.5. The number of anilines is 2. The molecular weight excluding hydrogens is 384 g/mol. The van der Waals surface area contributed by atoms with Crippen molar-refractivity contribution < 1.29 is 19.1 Å². The Morgan fingerprint density at radius 3 is 2.67 bits per heavy atom. The van der Waals surface area contributed by atoms with Crippen LogP contribution in [0.15, 0.2) is 36.5 Å². The van der Waals surface area contributed by atoms with Gasteiger partial charge in [-0.1, -0.05) is 6.07 Å². The Morgan fingerprint density at radius 2 is 1.97 bits per heavy atom. The highest BCUT2D eigenvalue weighted by Crippen LogP contribution is 2.25. The van der Waals surface area contributed by atoms with Gasteiger partial charge in [0.2, 0.25) is 0 Å². The summed E-state index contributed by atoms with van der Waals surface area (Å²) in [5, 5.41) is 2.96. The third-order valence-electron chi connectivity index (χ3n) is 4.96. The van der Waals surface area contributed by atoms with E-state index in [2.05, 4.69) is 15.2 Å². The van der Waals surface area contributed by atoms with Gasteiger partial charge in [0, 0.05) is 32.4 Å². The predicted molar refractivity (Wildman–Crippen MR) is 115 cm³/mol. The third-order valence-corrected chi connectivity index (χ3v) is 4.96. The van der Waals surface area contributed by atoms with E-state index >= 15 is 0 Å². The maximum Gasteiger partial charge on any atom is 0.339 e. The molecule has 8 nitrogen and oxygen atoms in total. The quantitative estimate of drug-likeness (QED) is 0.759. The largest absolute Gasteiger partial charge is 0.495 e. The fourth-order valence-electron chi connectivity index (χ4n) is 3.37. The van der Waals surface area contributed by atoms with Crippen LogP contribution >= 0.6 is 0 Å². The summed E-state index contributed by atoms with van der Waals surface area (Å²) in [6.07, 6.45) is 2.35. The van der Waals surface area contributed by atoms with Crippen molar-refractivity contribution in [2.45, 2.75) is 20.3 Å². The molecule has 0 bridgehead atoms. The minimum Gasteiger partial charge on any atom is -0.495 e. The molecule has 0 atom stereocenters. The Labute approximate surface area is 176 Å². The average Bonchev–Trinajstić information content (AvgIpc) is 3.01. The summed E-state index contributed by atoms with van der Waals surface area (Å²) in [6.45, 7) is 6.73. The average molecular weight is 412 g/mol. The summed E-state index contributed by atoms with van der Waals surface area (Å²) >= 11 is 0. The van der Waals surface area contributed by atoms with Crippen LogP contribution in [0.1, 0.15) is 29.3 Å². The molecule has 0 spiro atoms. The summed E-state index contributed by atoms with van der Waals surface area (Å²) in [5.41, 5.74) is 2.15. The predicted octanol–water partition coefficient (Wildman–Crippen LogP) is 3.32. The number of nitrogens with one attached hydrogen (secondary N) is 1. The lowest BCUT2D eigenvalue weighted by Crippen LogP contribution is -2.38. The maximum absolute atomic E-state index is 12.8. The SMILES string of the molecule is CCOC(=O)c1ccc(N2CCCN(C(=O)Nc3cc(C)ccc3OC)CC2)nc1. The van der Waals surface area contributed by atoms with Crippen LogP contribution in [-0.4, -0.2) is 61.8 Å². The Bertz CT molecular complexity index is 885. The lowest BCUT2D eigenvalue weighted by molar-refractivity contribution is 0.0526. The second-order valence-corrected chi connectivity index (χ2v) is 7.09. The number of nitrogens with zero attached hydrogens (tertiary/aromatic N) is 3. The number of carbonyl (C=O) groups is 2. The summed E-state index contributed by atoms with van der Waals surface area (Å²) in [6, 6.07) is 9.08. The van der Waals surface area contributed by atoms with Crippen LogP contribution in [0.3, 0.4) is 0 Å². The second-order valence-electron chi connectivity index (χ2n) is 7.09. The van der Waals surface area contributed by atoms with E-state index in [1.165, 1.54) is 6.20 Å². The Morgan fingerprint density at radius 1 is 1.13 bits per heavy atom. The first kappa shape index (κ1) is 21.4. The Kier molecular flexibility index (Phi) is 7.11. The number of urea groups is 1. The molecular formula is C22H28N4O4. The van der Waals surface area contributed by atoms with Crippen LogP contribution in [0.2, 0.25) is 0 Å². The minimum atomic E-state index is -0.373. The smallest absolute Gasteiger partial charge is 0.339 e. The van der Waals surface area contributed by atoms with Crippen LogP contribution in [0, 0.1) is 6.92 Å². The van der Waals surface area contributed by atoms with Crippen molar-refractivity contribution >= 4 is 23.5 Å². The second kappa shape index (κ2) is 9.96. The Hall–Kier alpha value is -3.29. The molecule has 30 heavy (non-hydrogen) atoms. The van der Waals surface area contributed by atoms with E-state index in [0.29, 0.717) is 43.2 Å². The lowest BCUT2D eigenvalue weighted by atomic mass is 10.2. The van der Waals surface area contributed by atoms with Crippen LogP contribution in [0.25, 0.3) is 0 Å². The van der Waals surface area contributed by atoms with Crippen molar-refractivity contribution in [1.82, 2.24) is 9.88 Å². The highest BCUT2D eigenvalue weighted by Gasteiger charge is 2.21. The summed E-state index contributed by atoms with van der Waals surface area (Å²) in [4.78, 5) is 32.9. The first-order valence-electron chi connectivity index (χ1n) is 10.1. The number of hydrogen-bond acceptors (Lipinski definition) is 6. The van der Waals surface area contributed by atoms with E-state index in [1.54, 1.807) is 25.0 Å². The van der Waals surface area contributed by atoms with Gasteiger partial charge in [-0.2, -0.15) is 0 Å². The normalized spacial score (nSPS) is 14.1. The highest BCUT2D eigenvalue weighted by molar-refractivity contribution is 5.91. The van der Waals surface area contributed by atoms with Gasteiger partial charge in [-0.25, -0.2) is 14.6 Å². The van der Waals surface area contributed by atoms with E-state index < -0.39 is 0 Å². The molecule has 160 valence electrons. The van der Waals surface area contributed by atoms with Gasteiger partial charge in [0.1, 0.15) is 11.6 Å². The molecule has 0 unspecified atom stereocenters. The van der Waals surface area contributed by atoms with Crippen LogP contribution in [-0.2, 0) is 4.74 Å². The van der Waals surface area contributed by atoms with Gasteiger partial charge < -0.3 is 24.6 Å². The Balaban J connectivity index is 1.61. The van der Waals surface area contributed by atoms with E-state index in [-0.39, 0.29) is 12.0 Å². The van der Waals surface area contributed by atoms with Gasteiger partial charge in [-0.05, 0) is 50.1 Å². The van der Waals surface area contributed by atoms with Crippen molar-refractivity contribution in [3.05, 3.63) is 47.7 Å². The molecule has 1 aromatic heterocycles. The van der Waals surface area contributed by atoms with Gasteiger partial charge in [0.15, 0.2) is 0 Å². The molecule has 1 aromatic carbocycles. The minimum absolute atomic E-state index is 0.147. The molecule has 0 aliphatic carbocycles. The van der Waals surface area contributed by atoms with Gasteiger partial charge in [-0.3, -0.25) is 0 Å². The molecule has 2 aromatic rings. The van der Waals surface area contributed by atoms with Gasteiger partial charge in [0.25, 0.3) is 0 Å². The molecule has 1 aliphatic heterocycles. The first-order valence-corrected chi connectivity index (χ1v) is 10.1. The lowest BCUT2D eigenvalue weighted by Gasteiger charge is -2.23. The number of methoxy groups -OCH3 is 1. The third kappa shape index (κ3) is 5.20. The standard InChI is InChI=1S/C22H28N4O4/c1-4-30-21(27)17-7-9-20(23-15-17)25-10-5-11-26(13-12-25)22(28)24-18-14-16(2)6-8-19(18)29-3/h6-9,14-15H,4-5,10-13H2,1-3H3,(H,24,28). The number of aryl methyl sites for hydroxylation is 1. The number of amides is 2. The van der Waals surface area contributed by atoms with Crippen molar-refractivity contribution in [2.75, 3.05) is 50.1 Å². The van der Waals surface area contributed by atoms with Crippen LogP contribution in [0.5, 0.6) is 5.75 Å². The zero-order chi connectivity index (χ0) is 21.5. The topological polar surface area (TPSA) is 84.0 Å². The van der Waals surface area contributed by atoms with Gasteiger partial charge in [0.05, 0.1) is 25.0 Å². The molecule has 1 fully saturated rings. The number of ether oxygens (including phenoxy) is 2. The number of pyridine rings is 1. The highest BCUT2D eigenvalue weighted by atomic mass is 16.5. The van der Waals surface area contributed by atoms with Crippen LogP contribution in [0.4, 0.5) is 16.3 Å².